The van der Waals surface area contributed by atoms with Crippen molar-refractivity contribution in [3.63, 3.8) is 0 Å². The van der Waals surface area contributed by atoms with E-state index in [2.05, 4.69) is 4.98 Å². The summed E-state index contributed by atoms with van der Waals surface area (Å²) in [5.74, 6) is 0.0591. The lowest BCUT2D eigenvalue weighted by molar-refractivity contribution is -0.117. The maximum atomic E-state index is 12.6. The van der Waals surface area contributed by atoms with Crippen molar-refractivity contribution in [3.8, 4) is 0 Å². The zero-order valence-corrected chi connectivity index (χ0v) is 13.3. The van der Waals surface area contributed by atoms with Gasteiger partial charge in [-0.2, -0.15) is 0 Å². The van der Waals surface area contributed by atoms with Crippen molar-refractivity contribution in [3.05, 3.63) is 60.9 Å². The molecule has 4 nitrogen and oxygen atoms in total. The maximum Gasteiger partial charge on any atom is 0.240 e. The predicted molar refractivity (Wildman–Crippen MR) is 90.4 cm³/mol. The summed E-state index contributed by atoms with van der Waals surface area (Å²) in [6.45, 7) is 1.91. The maximum absolute atomic E-state index is 12.6. The Morgan fingerprint density at radius 1 is 1.18 bits per heavy atom. The molecular weight excluding hydrogens is 294 g/mol. The lowest BCUT2D eigenvalue weighted by Crippen LogP contribution is -2.33. The molecule has 0 spiro atoms. The molecule has 0 aliphatic carbocycles. The van der Waals surface area contributed by atoms with Crippen molar-refractivity contribution in [2.24, 2.45) is 0 Å². The van der Waals surface area contributed by atoms with E-state index in [1.54, 1.807) is 11.9 Å². The monoisotopic (exact) mass is 311 g/mol. The number of hydrogen-bond acceptors (Lipinski definition) is 3. The molecule has 1 aromatic carbocycles. The van der Waals surface area contributed by atoms with Gasteiger partial charge >= 0.3 is 0 Å². The molecular formula is C17H17N3OS. The highest BCUT2D eigenvalue weighted by atomic mass is 32.2. The Bertz CT molecular complexity index is 785. The number of imidazole rings is 1. The van der Waals surface area contributed by atoms with E-state index in [1.165, 1.54) is 11.8 Å². The van der Waals surface area contributed by atoms with Crippen molar-refractivity contribution in [2.45, 2.75) is 17.3 Å². The number of aromatic nitrogens is 2. The topological polar surface area (TPSA) is 37.6 Å². The standard InChI is InChI=1S/C17H17N3OS/c1-13(16(21)19(2)14-8-4-3-5-9-14)22-17-18-12-15-10-6-7-11-20(15)17/h3-13H,1-2H3/t13-/m1/s1. The normalized spacial score (nSPS) is 12.3. The van der Waals surface area contributed by atoms with Gasteiger partial charge in [-0.15, -0.1) is 0 Å². The van der Waals surface area contributed by atoms with Gasteiger partial charge in [0.1, 0.15) is 0 Å². The Labute approximate surface area is 133 Å². The average Bonchev–Trinajstić information content (AvgIpc) is 2.97. The van der Waals surface area contributed by atoms with Crippen LogP contribution in [0, 0.1) is 0 Å². The number of carbonyl (C=O) groups excluding carboxylic acids is 1. The first-order valence-corrected chi connectivity index (χ1v) is 7.96. The number of hydrogen-bond donors (Lipinski definition) is 0. The van der Waals surface area contributed by atoms with Crippen molar-refractivity contribution >= 4 is 28.9 Å². The molecule has 5 heteroatoms. The smallest absolute Gasteiger partial charge is 0.240 e. The second kappa shape index (κ2) is 6.23. The first-order valence-electron chi connectivity index (χ1n) is 7.08. The Balaban J connectivity index is 1.76. The number of anilines is 1. The van der Waals surface area contributed by atoms with Crippen molar-refractivity contribution in [2.75, 3.05) is 11.9 Å². The SMILES string of the molecule is C[C@@H](Sc1ncc2ccccn12)C(=O)N(C)c1ccccc1. The number of rotatable bonds is 4. The van der Waals surface area contributed by atoms with E-state index < -0.39 is 0 Å². The highest BCUT2D eigenvalue weighted by molar-refractivity contribution is 8.00. The first-order chi connectivity index (χ1) is 10.7. The zero-order valence-electron chi connectivity index (χ0n) is 12.5. The zero-order chi connectivity index (χ0) is 15.5. The predicted octanol–water partition coefficient (Wildman–Crippen LogP) is 3.48. The lowest BCUT2D eigenvalue weighted by atomic mass is 10.3. The van der Waals surface area contributed by atoms with Gasteiger partial charge in [-0.1, -0.05) is 36.0 Å². The second-order valence-electron chi connectivity index (χ2n) is 5.03. The van der Waals surface area contributed by atoms with Gasteiger partial charge in [-0.05, 0) is 31.2 Å². The number of pyridine rings is 1. The third-order valence-electron chi connectivity index (χ3n) is 3.51. The largest absolute Gasteiger partial charge is 0.315 e. The molecule has 0 N–H and O–H groups in total. The van der Waals surface area contributed by atoms with Crippen LogP contribution in [0.25, 0.3) is 5.52 Å². The van der Waals surface area contributed by atoms with Gasteiger partial charge in [0.15, 0.2) is 5.16 Å². The summed E-state index contributed by atoms with van der Waals surface area (Å²) in [6, 6.07) is 15.6. The molecule has 0 aliphatic heterocycles. The average molecular weight is 311 g/mol. The molecule has 0 bridgehead atoms. The number of para-hydroxylation sites is 1. The van der Waals surface area contributed by atoms with E-state index in [9.17, 15) is 4.79 Å². The molecule has 112 valence electrons. The van der Waals surface area contributed by atoms with Crippen LogP contribution in [-0.2, 0) is 4.79 Å². The minimum absolute atomic E-state index is 0.0591. The first kappa shape index (κ1) is 14.7. The molecule has 0 unspecified atom stereocenters. The molecule has 0 saturated heterocycles. The third kappa shape index (κ3) is 2.85. The van der Waals surface area contributed by atoms with Crippen LogP contribution < -0.4 is 4.90 Å². The molecule has 0 radical (unpaired) electrons. The summed E-state index contributed by atoms with van der Waals surface area (Å²) in [5.41, 5.74) is 1.92. The van der Waals surface area contributed by atoms with Crippen LogP contribution in [0.4, 0.5) is 5.69 Å². The fourth-order valence-corrected chi connectivity index (χ4v) is 3.24. The van der Waals surface area contributed by atoms with Gasteiger partial charge in [0.2, 0.25) is 5.91 Å². The van der Waals surface area contributed by atoms with E-state index in [1.807, 2.05) is 72.2 Å². The van der Waals surface area contributed by atoms with Crippen molar-refractivity contribution < 1.29 is 4.79 Å². The van der Waals surface area contributed by atoms with E-state index in [0.717, 1.165) is 16.4 Å². The van der Waals surface area contributed by atoms with E-state index in [0.29, 0.717) is 0 Å². The van der Waals surface area contributed by atoms with Crippen LogP contribution in [0.1, 0.15) is 6.92 Å². The third-order valence-corrected chi connectivity index (χ3v) is 4.58. The minimum atomic E-state index is -0.212. The van der Waals surface area contributed by atoms with E-state index in [4.69, 9.17) is 0 Å². The molecule has 2 aromatic heterocycles. The Morgan fingerprint density at radius 2 is 1.91 bits per heavy atom. The van der Waals surface area contributed by atoms with Gasteiger partial charge in [0.05, 0.1) is 17.0 Å². The Kier molecular flexibility index (Phi) is 4.15. The number of carbonyl (C=O) groups is 1. The van der Waals surface area contributed by atoms with E-state index in [-0.39, 0.29) is 11.2 Å². The van der Waals surface area contributed by atoms with Gasteiger partial charge < -0.3 is 4.90 Å². The molecule has 22 heavy (non-hydrogen) atoms. The summed E-state index contributed by atoms with van der Waals surface area (Å²) in [5, 5.41) is 0.619. The van der Waals surface area contributed by atoms with Crippen LogP contribution in [-0.4, -0.2) is 27.6 Å². The summed E-state index contributed by atoms with van der Waals surface area (Å²) in [4.78, 5) is 18.7. The molecule has 0 fully saturated rings. The van der Waals surface area contributed by atoms with Crippen LogP contribution >= 0.6 is 11.8 Å². The molecule has 3 rings (SSSR count). The fraction of sp³-hybridized carbons (Fsp3) is 0.176. The van der Waals surface area contributed by atoms with E-state index >= 15 is 0 Å². The van der Waals surface area contributed by atoms with Gasteiger partial charge in [-0.25, -0.2) is 4.98 Å². The summed E-state index contributed by atoms with van der Waals surface area (Å²) >= 11 is 1.47. The molecule has 3 aromatic rings. The van der Waals surface area contributed by atoms with Crippen molar-refractivity contribution in [1.82, 2.24) is 9.38 Å². The number of thioether (sulfide) groups is 1. The fourth-order valence-electron chi connectivity index (χ4n) is 2.27. The number of amides is 1. The minimum Gasteiger partial charge on any atom is -0.315 e. The van der Waals surface area contributed by atoms with Gasteiger partial charge in [0, 0.05) is 18.9 Å². The number of fused-ring (bicyclic) bond motifs is 1. The molecule has 0 aliphatic rings. The summed E-state index contributed by atoms with van der Waals surface area (Å²) in [6.07, 6.45) is 3.78. The quantitative estimate of drug-likeness (QED) is 0.692. The number of benzene rings is 1. The molecule has 1 amide bonds. The number of nitrogens with zero attached hydrogens (tertiary/aromatic N) is 3. The van der Waals surface area contributed by atoms with Crippen LogP contribution in [0.5, 0.6) is 0 Å². The Morgan fingerprint density at radius 3 is 2.68 bits per heavy atom. The lowest BCUT2D eigenvalue weighted by Gasteiger charge is -2.20. The van der Waals surface area contributed by atoms with Crippen LogP contribution in [0.15, 0.2) is 66.1 Å². The van der Waals surface area contributed by atoms with Crippen LogP contribution in [0.2, 0.25) is 0 Å². The second-order valence-corrected chi connectivity index (χ2v) is 6.34. The van der Waals surface area contributed by atoms with Crippen LogP contribution in [0.3, 0.4) is 0 Å². The summed E-state index contributed by atoms with van der Waals surface area (Å²) in [7, 11) is 1.80. The summed E-state index contributed by atoms with van der Waals surface area (Å²) < 4.78 is 2.00. The molecule has 1 atom stereocenters. The van der Waals surface area contributed by atoms with Crippen molar-refractivity contribution in [1.29, 1.82) is 0 Å². The Hall–Kier alpha value is -2.27. The van der Waals surface area contributed by atoms with Gasteiger partial charge in [0.25, 0.3) is 0 Å². The molecule has 0 saturated carbocycles. The van der Waals surface area contributed by atoms with Gasteiger partial charge in [-0.3, -0.25) is 9.20 Å². The highest BCUT2D eigenvalue weighted by Gasteiger charge is 2.21. The highest BCUT2D eigenvalue weighted by Crippen LogP contribution is 2.25. The molecule has 2 heterocycles.